The molecule has 0 spiro atoms. The van der Waals surface area contributed by atoms with Crippen LogP contribution in [0.5, 0.6) is 5.75 Å². The summed E-state index contributed by atoms with van der Waals surface area (Å²) in [6.45, 7) is 0.512. The molecular formula is C18H20N4O3. The Kier molecular flexibility index (Phi) is 4.83. The Labute approximate surface area is 145 Å². The molecule has 25 heavy (non-hydrogen) atoms. The van der Waals surface area contributed by atoms with Gasteiger partial charge in [-0.15, -0.1) is 0 Å². The Hall–Kier alpha value is -3.09. The van der Waals surface area contributed by atoms with Gasteiger partial charge in [-0.25, -0.2) is 9.98 Å². The van der Waals surface area contributed by atoms with E-state index in [1.54, 1.807) is 13.2 Å². The Balaban J connectivity index is 1.92. The predicted octanol–water partition coefficient (Wildman–Crippen LogP) is 1.50. The van der Waals surface area contributed by atoms with Crippen LogP contribution in [-0.4, -0.2) is 36.7 Å². The minimum absolute atomic E-state index is 0.0635. The van der Waals surface area contributed by atoms with E-state index in [2.05, 4.69) is 9.98 Å². The summed E-state index contributed by atoms with van der Waals surface area (Å²) in [7, 11) is 1.57. The molecule has 4 N–H and O–H groups in total. The number of primary amides is 1. The fourth-order valence-electron chi connectivity index (χ4n) is 2.86. The normalized spacial score (nSPS) is 16.2. The zero-order chi connectivity index (χ0) is 17.8. The fraction of sp³-hybridized carbons (Fsp3) is 0.278. The lowest BCUT2D eigenvalue weighted by molar-refractivity contribution is 0.0995. The van der Waals surface area contributed by atoms with Gasteiger partial charge in [0, 0.05) is 5.56 Å². The molecule has 1 aromatic carbocycles. The van der Waals surface area contributed by atoms with Crippen LogP contribution in [0.4, 0.5) is 0 Å². The highest BCUT2D eigenvalue weighted by molar-refractivity contribution is 5.92. The van der Waals surface area contributed by atoms with Gasteiger partial charge in [0.1, 0.15) is 18.1 Å². The first kappa shape index (κ1) is 16.8. The van der Waals surface area contributed by atoms with Crippen molar-refractivity contribution in [3.8, 4) is 16.9 Å². The second-order valence-corrected chi connectivity index (χ2v) is 5.76. The quantitative estimate of drug-likeness (QED) is 0.827. The summed E-state index contributed by atoms with van der Waals surface area (Å²) in [4.78, 5) is 19.8. The molecular weight excluding hydrogens is 320 g/mol. The Morgan fingerprint density at radius 1 is 1.36 bits per heavy atom. The lowest BCUT2D eigenvalue weighted by Gasteiger charge is -2.14. The number of nitrogens with zero attached hydrogens (tertiary/aromatic N) is 2. The molecule has 3 rings (SSSR count). The molecule has 7 heteroatoms. The van der Waals surface area contributed by atoms with Gasteiger partial charge in [-0.05, 0) is 30.0 Å². The van der Waals surface area contributed by atoms with Gasteiger partial charge in [0.15, 0.2) is 0 Å². The fourth-order valence-corrected chi connectivity index (χ4v) is 2.86. The number of aromatic nitrogens is 1. The van der Waals surface area contributed by atoms with Crippen LogP contribution >= 0.6 is 0 Å². The van der Waals surface area contributed by atoms with E-state index < -0.39 is 5.91 Å². The number of ether oxygens (including phenoxy) is 2. The van der Waals surface area contributed by atoms with Crippen LogP contribution in [0.15, 0.2) is 41.5 Å². The van der Waals surface area contributed by atoms with Crippen LogP contribution in [0, 0.1) is 0 Å². The van der Waals surface area contributed by atoms with Crippen LogP contribution in [0.3, 0.4) is 0 Å². The number of methoxy groups -OCH3 is 1. The number of pyridine rings is 1. The van der Waals surface area contributed by atoms with E-state index in [9.17, 15) is 4.79 Å². The van der Waals surface area contributed by atoms with Gasteiger partial charge in [0.2, 0.25) is 0 Å². The maximum absolute atomic E-state index is 11.5. The van der Waals surface area contributed by atoms with Crippen LogP contribution in [0.1, 0.15) is 22.5 Å². The van der Waals surface area contributed by atoms with Gasteiger partial charge >= 0.3 is 0 Å². The summed E-state index contributed by atoms with van der Waals surface area (Å²) in [6, 6.07) is 9.92. The molecule has 0 fully saturated rings. The van der Waals surface area contributed by atoms with Gasteiger partial charge in [0.05, 0.1) is 19.3 Å². The van der Waals surface area contributed by atoms with Crippen molar-refractivity contribution in [1.82, 2.24) is 4.98 Å². The molecule has 1 amide bonds. The monoisotopic (exact) mass is 340 g/mol. The Bertz CT molecular complexity index is 820. The number of aliphatic imine (C=N–C) groups is 1. The zero-order valence-electron chi connectivity index (χ0n) is 13.9. The first-order chi connectivity index (χ1) is 12.1. The van der Waals surface area contributed by atoms with E-state index in [0.29, 0.717) is 12.4 Å². The third kappa shape index (κ3) is 3.71. The van der Waals surface area contributed by atoms with Crippen molar-refractivity contribution in [1.29, 1.82) is 0 Å². The smallest absolute Gasteiger partial charge is 0.282 e. The molecule has 0 bridgehead atoms. The maximum Gasteiger partial charge on any atom is 0.282 e. The number of nitrogens with two attached hydrogens (primary N) is 2. The molecule has 1 aliphatic rings. The first-order valence-corrected chi connectivity index (χ1v) is 7.96. The van der Waals surface area contributed by atoms with Crippen molar-refractivity contribution < 1.29 is 14.3 Å². The zero-order valence-corrected chi connectivity index (χ0v) is 13.9. The molecule has 0 saturated carbocycles. The molecule has 2 aromatic rings. The minimum atomic E-state index is -0.575. The maximum atomic E-state index is 11.5. The average molecular weight is 340 g/mol. The summed E-state index contributed by atoms with van der Waals surface area (Å²) in [6.07, 6.45) is 3.12. The number of amidine groups is 1. The van der Waals surface area contributed by atoms with E-state index in [4.69, 9.17) is 20.9 Å². The molecule has 7 nitrogen and oxygen atoms in total. The largest absolute Gasteiger partial charge is 0.494 e. The van der Waals surface area contributed by atoms with Gasteiger partial charge in [0.25, 0.3) is 11.9 Å². The standard InChI is InChI=1S/C18H20N4O3/c1-24-16-9-21-15(17(19)23)8-14(16)13-5-3-2-4-11(13)6-7-12-10-25-18(20)22-12/h2-5,8-9,12H,6-7,10H2,1H3,(H2,19,23)(H2,20,22). The summed E-state index contributed by atoms with van der Waals surface area (Å²) >= 11 is 0. The number of carbonyl (C=O) groups is 1. The second kappa shape index (κ2) is 7.21. The van der Waals surface area contributed by atoms with Gasteiger partial charge in [-0.1, -0.05) is 24.3 Å². The molecule has 130 valence electrons. The molecule has 0 radical (unpaired) electrons. The van der Waals surface area contributed by atoms with Crippen molar-refractivity contribution in [2.24, 2.45) is 16.5 Å². The first-order valence-electron chi connectivity index (χ1n) is 7.96. The van der Waals surface area contributed by atoms with Crippen LogP contribution in [0.2, 0.25) is 0 Å². The highest BCUT2D eigenvalue weighted by atomic mass is 16.5. The Morgan fingerprint density at radius 3 is 2.84 bits per heavy atom. The summed E-state index contributed by atoms with van der Waals surface area (Å²) < 4.78 is 10.6. The van der Waals surface area contributed by atoms with E-state index in [-0.39, 0.29) is 17.8 Å². The molecule has 0 saturated heterocycles. The number of hydrogen-bond donors (Lipinski definition) is 2. The molecule has 0 aliphatic carbocycles. The molecule has 2 heterocycles. The summed E-state index contributed by atoms with van der Waals surface area (Å²) in [5, 5.41) is 0. The number of amides is 1. The second-order valence-electron chi connectivity index (χ2n) is 5.76. The lowest BCUT2D eigenvalue weighted by atomic mass is 9.95. The van der Waals surface area contributed by atoms with Crippen molar-refractivity contribution in [2.45, 2.75) is 18.9 Å². The molecule has 1 atom stereocenters. The molecule has 1 aromatic heterocycles. The van der Waals surface area contributed by atoms with Crippen molar-refractivity contribution in [2.75, 3.05) is 13.7 Å². The average Bonchev–Trinajstić information content (AvgIpc) is 3.05. The van der Waals surface area contributed by atoms with Crippen LogP contribution < -0.4 is 16.2 Å². The SMILES string of the molecule is COc1cnc(C(N)=O)cc1-c1ccccc1CCC1COC(N)=N1. The van der Waals surface area contributed by atoms with Gasteiger partial charge < -0.3 is 20.9 Å². The molecule has 1 unspecified atom stereocenters. The third-order valence-electron chi connectivity index (χ3n) is 4.13. The van der Waals surface area contributed by atoms with Crippen molar-refractivity contribution >= 4 is 11.9 Å². The van der Waals surface area contributed by atoms with E-state index >= 15 is 0 Å². The summed E-state index contributed by atoms with van der Waals surface area (Å²) in [5.41, 5.74) is 14.0. The highest BCUT2D eigenvalue weighted by Gasteiger charge is 2.18. The van der Waals surface area contributed by atoms with Gasteiger partial charge in [-0.3, -0.25) is 4.79 Å². The molecule has 1 aliphatic heterocycles. The van der Waals surface area contributed by atoms with Crippen molar-refractivity contribution in [3.63, 3.8) is 0 Å². The minimum Gasteiger partial charge on any atom is -0.494 e. The van der Waals surface area contributed by atoms with Crippen molar-refractivity contribution in [3.05, 3.63) is 47.8 Å². The van der Waals surface area contributed by atoms with E-state index in [1.807, 2.05) is 24.3 Å². The van der Waals surface area contributed by atoms with Gasteiger partial charge in [-0.2, -0.15) is 0 Å². The number of benzene rings is 1. The third-order valence-corrected chi connectivity index (χ3v) is 4.13. The topological polar surface area (TPSA) is 113 Å². The number of hydrogen-bond acceptors (Lipinski definition) is 6. The lowest BCUT2D eigenvalue weighted by Crippen LogP contribution is -2.13. The van der Waals surface area contributed by atoms with E-state index in [1.165, 1.54) is 6.20 Å². The van der Waals surface area contributed by atoms with Crippen LogP contribution in [-0.2, 0) is 11.2 Å². The number of aryl methyl sites for hydroxylation is 1. The summed E-state index contributed by atoms with van der Waals surface area (Å²) in [5.74, 6) is 0.0122. The predicted molar refractivity (Wildman–Crippen MR) is 94.4 cm³/mol. The van der Waals surface area contributed by atoms with Crippen LogP contribution in [0.25, 0.3) is 11.1 Å². The number of carbonyl (C=O) groups excluding carboxylic acids is 1. The van der Waals surface area contributed by atoms with E-state index in [0.717, 1.165) is 29.5 Å². The Morgan fingerprint density at radius 2 is 2.16 bits per heavy atom. The highest BCUT2D eigenvalue weighted by Crippen LogP contribution is 2.33. The number of rotatable bonds is 6.